The third-order valence-electron chi connectivity index (χ3n) is 4.76. The highest BCUT2D eigenvalue weighted by molar-refractivity contribution is 4.85. The number of rotatable bonds is 4. The minimum atomic E-state index is 0.491. The van der Waals surface area contributed by atoms with E-state index in [0.717, 1.165) is 12.6 Å². The molecule has 1 heterocycles. The van der Waals surface area contributed by atoms with E-state index in [0.29, 0.717) is 12.1 Å². The smallest absolute Gasteiger partial charge is 0.0586 e. The van der Waals surface area contributed by atoms with E-state index in [9.17, 15) is 0 Å². The van der Waals surface area contributed by atoms with Crippen LogP contribution in [0.5, 0.6) is 0 Å². The van der Waals surface area contributed by atoms with Crippen LogP contribution in [0.25, 0.3) is 0 Å². The molecule has 1 saturated carbocycles. The predicted octanol–water partition coefficient (Wildman–Crippen LogP) is 0.909. The fourth-order valence-corrected chi connectivity index (χ4v) is 3.36. The number of hydrogen-bond acceptors (Lipinski definition) is 4. The van der Waals surface area contributed by atoms with Gasteiger partial charge in [-0.15, -0.1) is 0 Å². The zero-order chi connectivity index (χ0) is 13.0. The standard InChI is InChI=1S/C14H29N3O/c1-12(11-15)16-6-8-17(9-7-16)13-4-3-5-14(10-13)18-2/h12-14H,3-11,15H2,1-2H3. The van der Waals surface area contributed by atoms with E-state index in [1.165, 1.54) is 51.9 Å². The summed E-state index contributed by atoms with van der Waals surface area (Å²) in [5.74, 6) is 0. The van der Waals surface area contributed by atoms with Gasteiger partial charge in [-0.3, -0.25) is 9.80 Å². The Morgan fingerprint density at radius 1 is 1.22 bits per heavy atom. The lowest BCUT2D eigenvalue weighted by atomic mass is 9.91. The van der Waals surface area contributed by atoms with Gasteiger partial charge in [-0.1, -0.05) is 0 Å². The Labute approximate surface area is 111 Å². The molecule has 0 bridgehead atoms. The Kier molecular flexibility index (Phi) is 5.42. The van der Waals surface area contributed by atoms with Gasteiger partial charge < -0.3 is 10.5 Å². The summed E-state index contributed by atoms with van der Waals surface area (Å²) in [4.78, 5) is 5.19. The number of methoxy groups -OCH3 is 1. The number of ether oxygens (including phenoxy) is 1. The highest BCUT2D eigenvalue weighted by Crippen LogP contribution is 2.25. The summed E-state index contributed by atoms with van der Waals surface area (Å²) < 4.78 is 5.54. The molecule has 4 nitrogen and oxygen atoms in total. The first kappa shape index (κ1) is 14.3. The van der Waals surface area contributed by atoms with Gasteiger partial charge in [0.25, 0.3) is 0 Å². The van der Waals surface area contributed by atoms with Crippen molar-refractivity contribution in [2.75, 3.05) is 39.8 Å². The number of hydrogen-bond donors (Lipinski definition) is 1. The van der Waals surface area contributed by atoms with Crippen molar-refractivity contribution in [3.8, 4) is 0 Å². The maximum absolute atomic E-state index is 5.74. The second-order valence-corrected chi connectivity index (χ2v) is 5.83. The first-order chi connectivity index (χ1) is 8.74. The highest BCUT2D eigenvalue weighted by atomic mass is 16.5. The van der Waals surface area contributed by atoms with Gasteiger partial charge in [-0.05, 0) is 32.6 Å². The maximum atomic E-state index is 5.74. The van der Waals surface area contributed by atoms with Gasteiger partial charge in [0, 0.05) is 51.9 Å². The third kappa shape index (κ3) is 3.44. The Balaban J connectivity index is 1.78. The molecule has 2 N–H and O–H groups in total. The first-order valence-electron chi connectivity index (χ1n) is 7.45. The quantitative estimate of drug-likeness (QED) is 0.811. The normalized spacial score (nSPS) is 33.5. The van der Waals surface area contributed by atoms with E-state index in [1.54, 1.807) is 0 Å². The lowest BCUT2D eigenvalue weighted by Gasteiger charge is -2.43. The maximum Gasteiger partial charge on any atom is 0.0586 e. The van der Waals surface area contributed by atoms with Crippen molar-refractivity contribution < 1.29 is 4.74 Å². The molecule has 0 aromatic rings. The third-order valence-corrected chi connectivity index (χ3v) is 4.76. The van der Waals surface area contributed by atoms with Crippen molar-refractivity contribution in [1.82, 2.24) is 9.80 Å². The topological polar surface area (TPSA) is 41.7 Å². The molecule has 4 heteroatoms. The zero-order valence-electron chi connectivity index (χ0n) is 12.0. The van der Waals surface area contributed by atoms with Gasteiger partial charge in [0.2, 0.25) is 0 Å². The van der Waals surface area contributed by atoms with Crippen LogP contribution in [0.2, 0.25) is 0 Å². The summed E-state index contributed by atoms with van der Waals surface area (Å²) in [5.41, 5.74) is 5.74. The minimum absolute atomic E-state index is 0.491. The fourth-order valence-electron chi connectivity index (χ4n) is 3.36. The molecule has 18 heavy (non-hydrogen) atoms. The molecule has 0 spiro atoms. The average molecular weight is 255 g/mol. The van der Waals surface area contributed by atoms with Crippen LogP contribution < -0.4 is 5.73 Å². The number of piperazine rings is 1. The van der Waals surface area contributed by atoms with E-state index in [4.69, 9.17) is 10.5 Å². The van der Waals surface area contributed by atoms with E-state index in [-0.39, 0.29) is 0 Å². The second-order valence-electron chi connectivity index (χ2n) is 5.83. The van der Waals surface area contributed by atoms with Gasteiger partial charge in [0.15, 0.2) is 0 Å². The molecule has 2 rings (SSSR count). The minimum Gasteiger partial charge on any atom is -0.381 e. The molecule has 3 atom stereocenters. The number of nitrogens with two attached hydrogens (primary N) is 1. The second kappa shape index (κ2) is 6.85. The Morgan fingerprint density at radius 2 is 1.94 bits per heavy atom. The molecular formula is C14H29N3O. The largest absolute Gasteiger partial charge is 0.381 e. The van der Waals surface area contributed by atoms with Gasteiger partial charge in [-0.25, -0.2) is 0 Å². The molecular weight excluding hydrogens is 226 g/mol. The van der Waals surface area contributed by atoms with E-state index < -0.39 is 0 Å². The molecule has 1 aliphatic carbocycles. The molecule has 1 saturated heterocycles. The predicted molar refractivity (Wildman–Crippen MR) is 74.7 cm³/mol. The van der Waals surface area contributed by atoms with Crippen LogP contribution in [-0.4, -0.2) is 67.8 Å². The van der Waals surface area contributed by atoms with Crippen LogP contribution >= 0.6 is 0 Å². The van der Waals surface area contributed by atoms with Crippen molar-refractivity contribution in [2.24, 2.45) is 5.73 Å². The Morgan fingerprint density at radius 3 is 2.56 bits per heavy atom. The highest BCUT2D eigenvalue weighted by Gasteiger charge is 2.29. The summed E-state index contributed by atoms with van der Waals surface area (Å²) in [6, 6.07) is 1.28. The Hall–Kier alpha value is -0.160. The van der Waals surface area contributed by atoms with Gasteiger partial charge >= 0.3 is 0 Å². The monoisotopic (exact) mass is 255 g/mol. The van der Waals surface area contributed by atoms with E-state index >= 15 is 0 Å². The summed E-state index contributed by atoms with van der Waals surface area (Å²) in [5, 5.41) is 0. The number of nitrogens with zero attached hydrogens (tertiary/aromatic N) is 2. The summed E-state index contributed by atoms with van der Waals surface area (Å²) >= 11 is 0. The molecule has 0 radical (unpaired) electrons. The van der Waals surface area contributed by atoms with Gasteiger partial charge in [-0.2, -0.15) is 0 Å². The summed E-state index contributed by atoms with van der Waals surface area (Å²) in [7, 11) is 1.86. The van der Waals surface area contributed by atoms with Crippen LogP contribution in [0.15, 0.2) is 0 Å². The van der Waals surface area contributed by atoms with Crippen molar-refractivity contribution in [2.45, 2.75) is 50.8 Å². The molecule has 3 unspecified atom stereocenters. The van der Waals surface area contributed by atoms with E-state index in [1.807, 2.05) is 7.11 Å². The first-order valence-corrected chi connectivity index (χ1v) is 7.45. The fraction of sp³-hybridized carbons (Fsp3) is 1.00. The zero-order valence-corrected chi connectivity index (χ0v) is 12.0. The average Bonchev–Trinajstić information content (AvgIpc) is 2.46. The van der Waals surface area contributed by atoms with Crippen molar-refractivity contribution >= 4 is 0 Å². The van der Waals surface area contributed by atoms with Crippen LogP contribution in [-0.2, 0) is 4.74 Å². The van der Waals surface area contributed by atoms with Crippen LogP contribution in [0, 0.1) is 0 Å². The molecule has 0 aromatic carbocycles. The van der Waals surface area contributed by atoms with Gasteiger partial charge in [0.05, 0.1) is 6.10 Å². The lowest BCUT2D eigenvalue weighted by molar-refractivity contribution is 0.00713. The summed E-state index contributed by atoms with van der Waals surface area (Å²) in [6.07, 6.45) is 5.64. The molecule has 0 amide bonds. The van der Waals surface area contributed by atoms with Crippen molar-refractivity contribution in [1.29, 1.82) is 0 Å². The SMILES string of the molecule is COC1CCCC(N2CCN(C(C)CN)CC2)C1. The van der Waals surface area contributed by atoms with E-state index in [2.05, 4.69) is 16.7 Å². The van der Waals surface area contributed by atoms with Crippen LogP contribution in [0.3, 0.4) is 0 Å². The van der Waals surface area contributed by atoms with Crippen LogP contribution in [0.4, 0.5) is 0 Å². The lowest BCUT2D eigenvalue weighted by Crippen LogP contribution is -2.54. The molecule has 1 aliphatic heterocycles. The molecule has 106 valence electrons. The molecule has 2 fully saturated rings. The van der Waals surface area contributed by atoms with Gasteiger partial charge in [0.1, 0.15) is 0 Å². The summed E-state index contributed by atoms with van der Waals surface area (Å²) in [6.45, 7) is 7.75. The van der Waals surface area contributed by atoms with Crippen molar-refractivity contribution in [3.05, 3.63) is 0 Å². The van der Waals surface area contributed by atoms with Crippen molar-refractivity contribution in [3.63, 3.8) is 0 Å². The molecule has 2 aliphatic rings. The Bertz CT molecular complexity index is 241. The molecule has 0 aromatic heterocycles. The van der Waals surface area contributed by atoms with Crippen LogP contribution in [0.1, 0.15) is 32.6 Å².